The lowest BCUT2D eigenvalue weighted by molar-refractivity contribution is -0.135. The van der Waals surface area contributed by atoms with Crippen molar-refractivity contribution in [2.75, 3.05) is 7.11 Å². The number of methoxy groups -OCH3 is 1. The number of ether oxygens (including phenoxy) is 1. The van der Waals surface area contributed by atoms with E-state index in [1.165, 1.54) is 0 Å². The Morgan fingerprint density at radius 3 is 3.09 bits per heavy atom. The van der Waals surface area contributed by atoms with Gasteiger partial charge in [0.1, 0.15) is 5.75 Å². The fourth-order valence-electron chi connectivity index (χ4n) is 2.65. The van der Waals surface area contributed by atoms with Crippen LogP contribution in [-0.2, 0) is 11.3 Å². The fourth-order valence-corrected chi connectivity index (χ4v) is 2.65. The van der Waals surface area contributed by atoms with Crippen molar-refractivity contribution in [1.82, 2.24) is 4.90 Å². The first-order chi connectivity index (χ1) is 10.6. The van der Waals surface area contributed by atoms with Gasteiger partial charge >= 0.3 is 0 Å². The summed E-state index contributed by atoms with van der Waals surface area (Å²) in [7, 11) is 7.04. The fraction of sp³-hybridized carbons (Fsp3) is 0.471. The standard InChI is InChI=1S/C17H22BNO3/c1-22-16-6-2-4-13(10-16)12-19-14(5-3-7-17(19)21)8-9-15(20)11-18/h2,4,6,8-10,14-15,20H,3,5,7,11-12H2,1H3. The van der Waals surface area contributed by atoms with Crippen LogP contribution in [0.2, 0.25) is 6.32 Å². The van der Waals surface area contributed by atoms with E-state index in [0.29, 0.717) is 13.0 Å². The Morgan fingerprint density at radius 2 is 2.36 bits per heavy atom. The Hall–Kier alpha value is -1.75. The van der Waals surface area contributed by atoms with Crippen molar-refractivity contribution in [3.8, 4) is 5.75 Å². The zero-order valence-corrected chi connectivity index (χ0v) is 12.9. The molecule has 2 rings (SSSR count). The molecular formula is C17H22BNO3. The minimum Gasteiger partial charge on any atom is -0.497 e. The Balaban J connectivity index is 2.12. The second-order valence-electron chi connectivity index (χ2n) is 5.52. The number of aliphatic hydroxyl groups excluding tert-OH is 1. The number of benzene rings is 1. The number of carbonyl (C=O) groups is 1. The third-order valence-electron chi connectivity index (χ3n) is 3.90. The molecule has 1 amide bonds. The summed E-state index contributed by atoms with van der Waals surface area (Å²) < 4.78 is 5.23. The number of hydrogen-bond acceptors (Lipinski definition) is 3. The van der Waals surface area contributed by atoms with Gasteiger partial charge in [-0.1, -0.05) is 30.6 Å². The van der Waals surface area contributed by atoms with Crippen molar-refractivity contribution in [1.29, 1.82) is 0 Å². The number of aliphatic hydroxyl groups is 1. The predicted octanol–water partition coefficient (Wildman–Crippen LogP) is 2.08. The van der Waals surface area contributed by atoms with Gasteiger partial charge in [0.2, 0.25) is 5.91 Å². The molecule has 1 fully saturated rings. The van der Waals surface area contributed by atoms with Crippen LogP contribution in [0.3, 0.4) is 0 Å². The Morgan fingerprint density at radius 1 is 1.55 bits per heavy atom. The van der Waals surface area contributed by atoms with Crippen LogP contribution in [-0.4, -0.2) is 43.0 Å². The molecule has 0 spiro atoms. The molecule has 2 radical (unpaired) electrons. The van der Waals surface area contributed by atoms with Crippen LogP contribution < -0.4 is 4.74 Å². The first-order valence-electron chi connectivity index (χ1n) is 7.63. The molecule has 2 atom stereocenters. The molecule has 1 N–H and O–H groups in total. The highest BCUT2D eigenvalue weighted by atomic mass is 16.5. The maximum Gasteiger partial charge on any atom is 0.223 e. The number of carbonyl (C=O) groups excluding carboxylic acids is 1. The van der Waals surface area contributed by atoms with Gasteiger partial charge in [-0.3, -0.25) is 4.79 Å². The van der Waals surface area contributed by atoms with Crippen molar-refractivity contribution >= 4 is 13.8 Å². The van der Waals surface area contributed by atoms with E-state index in [-0.39, 0.29) is 18.3 Å². The Kier molecular flexibility index (Phi) is 6.07. The van der Waals surface area contributed by atoms with E-state index in [9.17, 15) is 9.90 Å². The van der Waals surface area contributed by atoms with Gasteiger partial charge < -0.3 is 14.7 Å². The highest BCUT2D eigenvalue weighted by Crippen LogP contribution is 2.23. The first kappa shape index (κ1) is 16.6. The zero-order chi connectivity index (χ0) is 15.9. The molecule has 1 aromatic rings. The average molecular weight is 299 g/mol. The highest BCUT2D eigenvalue weighted by Gasteiger charge is 2.26. The van der Waals surface area contributed by atoms with Gasteiger partial charge in [-0.15, -0.1) is 0 Å². The van der Waals surface area contributed by atoms with Gasteiger partial charge in [0, 0.05) is 13.0 Å². The highest BCUT2D eigenvalue weighted by molar-refractivity contribution is 6.09. The second-order valence-corrected chi connectivity index (χ2v) is 5.52. The van der Waals surface area contributed by atoms with Crippen molar-refractivity contribution < 1.29 is 14.6 Å². The number of nitrogens with zero attached hydrogens (tertiary/aromatic N) is 1. The van der Waals surface area contributed by atoms with Gasteiger partial charge in [-0.25, -0.2) is 0 Å². The van der Waals surface area contributed by atoms with Gasteiger partial charge in [0.25, 0.3) is 0 Å². The largest absolute Gasteiger partial charge is 0.497 e. The zero-order valence-electron chi connectivity index (χ0n) is 12.9. The van der Waals surface area contributed by atoms with E-state index in [1.807, 2.05) is 35.2 Å². The minimum absolute atomic E-state index is 0.00801. The van der Waals surface area contributed by atoms with Gasteiger partial charge in [0.15, 0.2) is 0 Å². The normalized spacial score (nSPS) is 20.4. The van der Waals surface area contributed by atoms with E-state index in [2.05, 4.69) is 0 Å². The molecule has 116 valence electrons. The van der Waals surface area contributed by atoms with Crippen LogP contribution in [0.25, 0.3) is 0 Å². The summed E-state index contributed by atoms with van der Waals surface area (Å²) in [5.41, 5.74) is 1.03. The van der Waals surface area contributed by atoms with Crippen molar-refractivity contribution in [2.24, 2.45) is 0 Å². The van der Waals surface area contributed by atoms with E-state index in [1.54, 1.807) is 13.2 Å². The van der Waals surface area contributed by atoms with E-state index in [4.69, 9.17) is 12.6 Å². The Labute approximate surface area is 133 Å². The molecule has 1 aliphatic heterocycles. The van der Waals surface area contributed by atoms with Crippen LogP contribution in [0.5, 0.6) is 5.75 Å². The molecule has 0 aliphatic carbocycles. The molecule has 1 saturated heterocycles. The topological polar surface area (TPSA) is 49.8 Å². The third-order valence-corrected chi connectivity index (χ3v) is 3.90. The summed E-state index contributed by atoms with van der Waals surface area (Å²) in [6, 6.07) is 7.74. The summed E-state index contributed by atoms with van der Waals surface area (Å²) >= 11 is 0. The second kappa shape index (κ2) is 8.04. The third kappa shape index (κ3) is 4.37. The molecular weight excluding hydrogens is 277 g/mol. The minimum atomic E-state index is -0.657. The molecule has 4 nitrogen and oxygen atoms in total. The lowest BCUT2D eigenvalue weighted by atomic mass is 9.96. The smallest absolute Gasteiger partial charge is 0.223 e. The quantitative estimate of drug-likeness (QED) is 0.646. The maximum atomic E-state index is 12.3. The lowest BCUT2D eigenvalue weighted by Crippen LogP contribution is -2.42. The van der Waals surface area contributed by atoms with Crippen LogP contribution in [0.4, 0.5) is 0 Å². The van der Waals surface area contributed by atoms with Crippen molar-refractivity contribution in [3.63, 3.8) is 0 Å². The number of hydrogen-bond donors (Lipinski definition) is 1. The molecule has 0 saturated carbocycles. The van der Waals surface area contributed by atoms with Crippen LogP contribution >= 0.6 is 0 Å². The van der Waals surface area contributed by atoms with Gasteiger partial charge in [0.05, 0.1) is 27.1 Å². The predicted molar refractivity (Wildman–Crippen MR) is 86.9 cm³/mol. The first-order valence-corrected chi connectivity index (χ1v) is 7.63. The lowest BCUT2D eigenvalue weighted by Gasteiger charge is -2.34. The summed E-state index contributed by atoms with van der Waals surface area (Å²) in [6.45, 7) is 0.545. The molecule has 1 aliphatic rings. The van der Waals surface area contributed by atoms with E-state index in [0.717, 1.165) is 24.2 Å². The number of likely N-dealkylation sites (tertiary alicyclic amines) is 1. The summed E-state index contributed by atoms with van der Waals surface area (Å²) in [4.78, 5) is 14.1. The molecule has 2 unspecified atom stereocenters. The van der Waals surface area contributed by atoms with E-state index < -0.39 is 6.10 Å². The molecule has 5 heteroatoms. The summed E-state index contributed by atoms with van der Waals surface area (Å²) in [5, 5.41) is 9.57. The number of rotatable bonds is 6. The molecule has 1 heterocycles. The van der Waals surface area contributed by atoms with Crippen LogP contribution in [0.1, 0.15) is 24.8 Å². The SMILES string of the molecule is [B]CC(O)C=CC1CCCC(=O)N1Cc1cccc(OC)c1. The maximum absolute atomic E-state index is 12.3. The number of piperidine rings is 1. The summed E-state index contributed by atoms with van der Waals surface area (Å²) in [5.74, 6) is 0.929. The van der Waals surface area contributed by atoms with Crippen LogP contribution in [0, 0.1) is 0 Å². The average Bonchev–Trinajstić information content (AvgIpc) is 2.55. The Bertz CT molecular complexity index is 532. The molecule has 0 aromatic heterocycles. The molecule has 22 heavy (non-hydrogen) atoms. The van der Waals surface area contributed by atoms with Crippen LogP contribution in [0.15, 0.2) is 36.4 Å². The van der Waals surface area contributed by atoms with Gasteiger partial charge in [-0.05, 0) is 30.5 Å². The summed E-state index contributed by atoms with van der Waals surface area (Å²) in [6.07, 6.45) is 5.47. The van der Waals surface area contributed by atoms with Gasteiger partial charge in [-0.2, -0.15) is 0 Å². The van der Waals surface area contributed by atoms with Crippen molar-refractivity contribution in [2.45, 2.75) is 44.3 Å². The molecule has 1 aromatic carbocycles. The number of amides is 1. The van der Waals surface area contributed by atoms with E-state index >= 15 is 0 Å². The molecule has 0 bridgehead atoms. The monoisotopic (exact) mass is 299 g/mol. The van der Waals surface area contributed by atoms with Crippen molar-refractivity contribution in [3.05, 3.63) is 42.0 Å².